The van der Waals surface area contributed by atoms with Gasteiger partial charge in [-0.1, -0.05) is 24.6 Å². The Bertz CT molecular complexity index is 483. The molecule has 0 radical (unpaired) electrons. The van der Waals surface area contributed by atoms with Crippen LogP contribution in [0.1, 0.15) is 44.2 Å². The summed E-state index contributed by atoms with van der Waals surface area (Å²) in [4.78, 5) is 11.9. The second-order valence-corrected chi connectivity index (χ2v) is 5.53. The molecule has 1 aromatic carbocycles. The third kappa shape index (κ3) is 4.74. The maximum Gasteiger partial charge on any atom is 0.347 e. The molecule has 4 nitrogen and oxygen atoms in total. The van der Waals surface area contributed by atoms with Gasteiger partial charge in [0.1, 0.15) is 5.75 Å². The first-order valence-corrected chi connectivity index (χ1v) is 7.80. The van der Waals surface area contributed by atoms with Gasteiger partial charge in [-0.3, -0.25) is 0 Å². The van der Waals surface area contributed by atoms with Crippen molar-refractivity contribution in [2.24, 2.45) is 0 Å². The van der Waals surface area contributed by atoms with E-state index in [-0.39, 0.29) is 5.97 Å². The van der Waals surface area contributed by atoms with Crippen molar-refractivity contribution in [2.75, 3.05) is 6.61 Å². The van der Waals surface area contributed by atoms with Crippen LogP contribution in [-0.2, 0) is 16.1 Å². The fourth-order valence-corrected chi connectivity index (χ4v) is 2.19. The molecule has 0 spiro atoms. The molecule has 1 aliphatic carbocycles. The van der Waals surface area contributed by atoms with Crippen LogP contribution in [0.15, 0.2) is 18.2 Å². The van der Waals surface area contributed by atoms with E-state index in [1.165, 1.54) is 18.4 Å². The Morgan fingerprint density at radius 2 is 2.14 bits per heavy atom. The average molecular weight is 291 g/mol. The zero-order valence-corrected chi connectivity index (χ0v) is 13.1. The number of rotatable bonds is 8. The molecule has 0 aliphatic heterocycles. The van der Waals surface area contributed by atoms with Gasteiger partial charge in [0, 0.05) is 18.2 Å². The summed E-state index contributed by atoms with van der Waals surface area (Å²) in [6, 6.07) is 6.71. The van der Waals surface area contributed by atoms with Crippen LogP contribution in [0.3, 0.4) is 0 Å². The van der Waals surface area contributed by atoms with Gasteiger partial charge in [0.05, 0.1) is 6.61 Å². The third-order valence-corrected chi connectivity index (χ3v) is 3.56. The summed E-state index contributed by atoms with van der Waals surface area (Å²) in [7, 11) is 0. The highest BCUT2D eigenvalue weighted by atomic mass is 16.6. The third-order valence-electron chi connectivity index (χ3n) is 3.56. The quantitative estimate of drug-likeness (QED) is 0.748. The molecule has 1 atom stereocenters. The highest BCUT2D eigenvalue weighted by molar-refractivity contribution is 5.75. The van der Waals surface area contributed by atoms with Crippen LogP contribution in [-0.4, -0.2) is 24.7 Å². The molecule has 1 saturated carbocycles. The van der Waals surface area contributed by atoms with E-state index in [0.717, 1.165) is 17.9 Å². The molecular formula is C17H25NO3. The van der Waals surface area contributed by atoms with Crippen molar-refractivity contribution in [3.63, 3.8) is 0 Å². The molecule has 1 unspecified atom stereocenters. The second kappa shape index (κ2) is 7.46. The Hall–Kier alpha value is -1.55. The zero-order valence-electron chi connectivity index (χ0n) is 13.1. The lowest BCUT2D eigenvalue weighted by Crippen LogP contribution is -2.29. The molecule has 116 valence electrons. The Labute approximate surface area is 126 Å². The van der Waals surface area contributed by atoms with E-state index in [1.807, 2.05) is 26.0 Å². The van der Waals surface area contributed by atoms with Crippen molar-refractivity contribution in [3.8, 4) is 5.75 Å². The molecule has 0 saturated heterocycles. The standard InChI is InChI=1S/C17H25NO3/c1-4-15(17(19)20-5-2)21-16-9-6-12(3)10-13(16)11-18-14-7-8-14/h6,9-10,14-15,18H,4-5,7-8,11H2,1-3H3. The molecule has 2 rings (SSSR count). The van der Waals surface area contributed by atoms with Gasteiger partial charge < -0.3 is 14.8 Å². The van der Waals surface area contributed by atoms with E-state index in [9.17, 15) is 4.79 Å². The minimum Gasteiger partial charge on any atom is -0.478 e. The molecular weight excluding hydrogens is 266 g/mol. The first-order chi connectivity index (χ1) is 10.1. The van der Waals surface area contributed by atoms with Gasteiger partial charge in [-0.15, -0.1) is 0 Å². The Kier molecular flexibility index (Phi) is 5.62. The predicted molar refractivity (Wildman–Crippen MR) is 82.4 cm³/mol. The van der Waals surface area contributed by atoms with Gasteiger partial charge in [0.2, 0.25) is 0 Å². The number of hydrogen-bond donors (Lipinski definition) is 1. The van der Waals surface area contributed by atoms with Crippen LogP contribution in [0.25, 0.3) is 0 Å². The lowest BCUT2D eigenvalue weighted by Gasteiger charge is -2.19. The SMILES string of the molecule is CCOC(=O)C(CC)Oc1ccc(C)cc1CNC1CC1. The van der Waals surface area contributed by atoms with Crippen molar-refractivity contribution in [2.45, 2.75) is 58.7 Å². The lowest BCUT2D eigenvalue weighted by molar-refractivity contribution is -0.151. The van der Waals surface area contributed by atoms with E-state index < -0.39 is 6.10 Å². The van der Waals surface area contributed by atoms with Gasteiger partial charge >= 0.3 is 5.97 Å². The van der Waals surface area contributed by atoms with E-state index in [2.05, 4.69) is 18.3 Å². The fraction of sp³-hybridized carbons (Fsp3) is 0.588. The Balaban J connectivity index is 2.07. The maximum absolute atomic E-state index is 11.9. The van der Waals surface area contributed by atoms with Gasteiger partial charge in [-0.05, 0) is 39.2 Å². The minimum atomic E-state index is -0.535. The smallest absolute Gasteiger partial charge is 0.347 e. The molecule has 0 aromatic heterocycles. The summed E-state index contributed by atoms with van der Waals surface area (Å²) in [5.41, 5.74) is 2.30. The molecule has 1 aromatic rings. The van der Waals surface area contributed by atoms with Crippen LogP contribution >= 0.6 is 0 Å². The number of esters is 1. The minimum absolute atomic E-state index is 0.290. The maximum atomic E-state index is 11.9. The molecule has 1 fully saturated rings. The highest BCUT2D eigenvalue weighted by Gasteiger charge is 2.23. The number of nitrogens with one attached hydrogen (secondary N) is 1. The molecule has 0 bridgehead atoms. The van der Waals surface area contributed by atoms with E-state index in [0.29, 0.717) is 19.1 Å². The van der Waals surface area contributed by atoms with Crippen molar-refractivity contribution in [1.29, 1.82) is 0 Å². The molecule has 21 heavy (non-hydrogen) atoms. The number of carbonyl (C=O) groups excluding carboxylic acids is 1. The van der Waals surface area contributed by atoms with E-state index >= 15 is 0 Å². The fourth-order valence-electron chi connectivity index (χ4n) is 2.19. The molecule has 4 heteroatoms. The molecule has 0 amide bonds. The van der Waals surface area contributed by atoms with Crippen molar-refractivity contribution in [3.05, 3.63) is 29.3 Å². The topological polar surface area (TPSA) is 47.6 Å². The summed E-state index contributed by atoms with van der Waals surface area (Å²) in [5, 5.41) is 3.49. The summed E-state index contributed by atoms with van der Waals surface area (Å²) in [5.74, 6) is 0.482. The lowest BCUT2D eigenvalue weighted by atomic mass is 10.1. The number of hydrogen-bond acceptors (Lipinski definition) is 4. The van der Waals surface area contributed by atoms with Crippen molar-refractivity contribution >= 4 is 5.97 Å². The van der Waals surface area contributed by atoms with Crippen molar-refractivity contribution in [1.82, 2.24) is 5.32 Å². The van der Waals surface area contributed by atoms with E-state index in [4.69, 9.17) is 9.47 Å². The number of carbonyl (C=O) groups is 1. The normalized spacial score (nSPS) is 15.6. The molecule has 0 heterocycles. The van der Waals surface area contributed by atoms with Gasteiger partial charge in [-0.25, -0.2) is 4.79 Å². The summed E-state index contributed by atoms with van der Waals surface area (Å²) in [6.45, 7) is 6.95. The first-order valence-electron chi connectivity index (χ1n) is 7.80. The summed E-state index contributed by atoms with van der Waals surface area (Å²) < 4.78 is 11.0. The molecule has 1 N–H and O–H groups in total. The second-order valence-electron chi connectivity index (χ2n) is 5.53. The van der Waals surface area contributed by atoms with Crippen LogP contribution in [0.2, 0.25) is 0 Å². The number of ether oxygens (including phenoxy) is 2. The highest BCUT2D eigenvalue weighted by Crippen LogP contribution is 2.25. The number of benzene rings is 1. The summed E-state index contributed by atoms with van der Waals surface area (Å²) in [6.07, 6.45) is 2.57. The Morgan fingerprint density at radius 1 is 1.38 bits per heavy atom. The van der Waals surface area contributed by atoms with Crippen molar-refractivity contribution < 1.29 is 14.3 Å². The predicted octanol–water partition coefficient (Wildman–Crippen LogP) is 2.97. The summed E-state index contributed by atoms with van der Waals surface area (Å²) >= 11 is 0. The van der Waals surface area contributed by atoms with Gasteiger partial charge in [0.25, 0.3) is 0 Å². The van der Waals surface area contributed by atoms with Gasteiger partial charge in [-0.2, -0.15) is 0 Å². The van der Waals surface area contributed by atoms with Crippen LogP contribution in [0.4, 0.5) is 0 Å². The van der Waals surface area contributed by atoms with Crippen LogP contribution in [0.5, 0.6) is 5.75 Å². The monoisotopic (exact) mass is 291 g/mol. The van der Waals surface area contributed by atoms with Crippen LogP contribution in [0, 0.1) is 6.92 Å². The largest absolute Gasteiger partial charge is 0.478 e. The zero-order chi connectivity index (χ0) is 15.2. The average Bonchev–Trinajstić information content (AvgIpc) is 3.28. The number of aryl methyl sites for hydroxylation is 1. The molecule has 1 aliphatic rings. The van der Waals surface area contributed by atoms with Gasteiger partial charge in [0.15, 0.2) is 6.10 Å². The Morgan fingerprint density at radius 3 is 2.76 bits per heavy atom. The van der Waals surface area contributed by atoms with Crippen LogP contribution < -0.4 is 10.1 Å². The first kappa shape index (κ1) is 15.8. The van der Waals surface area contributed by atoms with E-state index in [1.54, 1.807) is 0 Å².